The third kappa shape index (κ3) is 4.49. The van der Waals surface area contributed by atoms with E-state index in [4.69, 9.17) is 16.3 Å². The normalized spacial score (nSPS) is 24.3. The van der Waals surface area contributed by atoms with Crippen LogP contribution in [0.3, 0.4) is 0 Å². The van der Waals surface area contributed by atoms with E-state index in [1.54, 1.807) is 6.07 Å². The minimum Gasteiger partial charge on any atom is -0.490 e. The second-order valence-electron chi connectivity index (χ2n) is 7.87. The quantitative estimate of drug-likeness (QED) is 0.482. The first-order valence-corrected chi connectivity index (χ1v) is 11.7. The Morgan fingerprint density at radius 2 is 1.85 bits per heavy atom. The SMILES string of the molecule is CPc1ccc(F)c2c1[C@@]1(C)CCCCCC1CO2.Cc1ccc(Cl)cc1. The molecule has 4 heteroatoms. The third-order valence-corrected chi connectivity index (χ3v) is 7.25. The Morgan fingerprint density at radius 1 is 1.11 bits per heavy atom. The Labute approximate surface area is 169 Å². The Hall–Kier alpha value is -1.11. The van der Waals surface area contributed by atoms with E-state index >= 15 is 0 Å². The van der Waals surface area contributed by atoms with Crippen LogP contribution in [-0.2, 0) is 5.41 Å². The van der Waals surface area contributed by atoms with Gasteiger partial charge in [-0.1, -0.05) is 70.1 Å². The van der Waals surface area contributed by atoms with Gasteiger partial charge in [-0.3, -0.25) is 0 Å². The third-order valence-electron chi connectivity index (χ3n) is 6.04. The molecular weight excluding hydrogens is 378 g/mol. The van der Waals surface area contributed by atoms with E-state index in [9.17, 15) is 4.39 Å². The van der Waals surface area contributed by atoms with Crippen molar-refractivity contribution < 1.29 is 9.13 Å². The fourth-order valence-electron chi connectivity index (χ4n) is 4.37. The van der Waals surface area contributed by atoms with Crippen LogP contribution in [-0.4, -0.2) is 13.3 Å². The van der Waals surface area contributed by atoms with E-state index < -0.39 is 0 Å². The van der Waals surface area contributed by atoms with Gasteiger partial charge in [0, 0.05) is 21.9 Å². The lowest BCUT2D eigenvalue weighted by Gasteiger charge is -2.43. The molecule has 1 heterocycles. The average Bonchev–Trinajstić information content (AvgIpc) is 2.86. The molecule has 2 aliphatic rings. The number of ether oxygens (including phenoxy) is 1. The summed E-state index contributed by atoms with van der Waals surface area (Å²) < 4.78 is 19.9. The number of fused-ring (bicyclic) bond motifs is 3. The van der Waals surface area contributed by atoms with Crippen molar-refractivity contribution in [1.29, 1.82) is 0 Å². The molecule has 2 aromatic carbocycles. The second kappa shape index (κ2) is 8.93. The highest BCUT2D eigenvalue weighted by atomic mass is 35.5. The summed E-state index contributed by atoms with van der Waals surface area (Å²) in [5.41, 5.74) is 2.55. The van der Waals surface area contributed by atoms with Crippen LogP contribution in [0.5, 0.6) is 5.75 Å². The van der Waals surface area contributed by atoms with Gasteiger partial charge >= 0.3 is 0 Å². The molecule has 1 nitrogen and oxygen atoms in total. The van der Waals surface area contributed by atoms with Gasteiger partial charge in [0.05, 0.1) is 6.61 Å². The van der Waals surface area contributed by atoms with Gasteiger partial charge in [-0.05, 0) is 49.9 Å². The fraction of sp³-hybridized carbons (Fsp3) is 0.478. The lowest BCUT2D eigenvalue weighted by molar-refractivity contribution is 0.127. The summed E-state index contributed by atoms with van der Waals surface area (Å²) in [5, 5.41) is 2.10. The molecule has 1 aliphatic heterocycles. The average molecular weight is 407 g/mol. The monoisotopic (exact) mass is 406 g/mol. The highest BCUT2D eigenvalue weighted by Gasteiger charge is 2.44. The zero-order valence-electron chi connectivity index (χ0n) is 16.4. The van der Waals surface area contributed by atoms with E-state index in [2.05, 4.69) is 13.6 Å². The predicted molar refractivity (Wildman–Crippen MR) is 116 cm³/mol. The first kappa shape index (κ1) is 20.6. The number of hydrogen-bond donors (Lipinski definition) is 0. The van der Waals surface area contributed by atoms with Crippen LogP contribution in [0.1, 0.15) is 50.2 Å². The zero-order valence-corrected chi connectivity index (χ0v) is 18.2. The van der Waals surface area contributed by atoms with Gasteiger partial charge < -0.3 is 4.74 Å². The summed E-state index contributed by atoms with van der Waals surface area (Å²) in [5.74, 6) is 0.924. The summed E-state index contributed by atoms with van der Waals surface area (Å²) in [6.45, 7) is 7.25. The van der Waals surface area contributed by atoms with Gasteiger partial charge in [0.2, 0.25) is 0 Å². The maximum absolute atomic E-state index is 14.1. The summed E-state index contributed by atoms with van der Waals surface area (Å²) >= 11 is 5.61. The Bertz CT molecular complexity index is 756. The van der Waals surface area contributed by atoms with Crippen molar-refractivity contribution in [2.75, 3.05) is 13.3 Å². The standard InChI is InChI=1S/C16H22FOP.C7H7Cl/c1-16-9-5-3-4-6-11(16)10-18-15-12(17)7-8-13(19-2)14(15)16;1-6-2-4-7(8)5-3-6/h7-8,11,19H,3-6,9-10H2,1-2H3;2-5H,1H3/t11?,16-;/m0./s1. The predicted octanol–water partition coefficient (Wildman–Crippen LogP) is 6.64. The summed E-state index contributed by atoms with van der Waals surface area (Å²) in [4.78, 5) is 0. The van der Waals surface area contributed by atoms with Gasteiger partial charge in [-0.2, -0.15) is 0 Å². The maximum atomic E-state index is 14.1. The minimum absolute atomic E-state index is 0.116. The molecule has 2 unspecified atom stereocenters. The zero-order chi connectivity index (χ0) is 19.4. The van der Waals surface area contributed by atoms with Crippen molar-refractivity contribution in [2.24, 2.45) is 5.92 Å². The maximum Gasteiger partial charge on any atom is 0.165 e. The van der Waals surface area contributed by atoms with Gasteiger partial charge in [0.15, 0.2) is 11.6 Å². The number of halogens is 2. The Morgan fingerprint density at radius 3 is 2.52 bits per heavy atom. The Balaban J connectivity index is 0.000000221. The molecule has 0 bridgehead atoms. The van der Waals surface area contributed by atoms with Gasteiger partial charge in [-0.25, -0.2) is 4.39 Å². The van der Waals surface area contributed by atoms with Crippen LogP contribution >= 0.6 is 20.2 Å². The highest BCUT2D eigenvalue weighted by molar-refractivity contribution is 7.46. The largest absolute Gasteiger partial charge is 0.490 e. The van der Waals surface area contributed by atoms with E-state index in [1.807, 2.05) is 37.3 Å². The molecule has 27 heavy (non-hydrogen) atoms. The number of benzene rings is 2. The van der Waals surface area contributed by atoms with E-state index in [1.165, 1.54) is 48.5 Å². The number of rotatable bonds is 1. The summed E-state index contributed by atoms with van der Waals surface area (Å²) in [7, 11) is 0.701. The summed E-state index contributed by atoms with van der Waals surface area (Å²) in [6.07, 6.45) is 6.25. The van der Waals surface area contributed by atoms with Crippen LogP contribution in [0.15, 0.2) is 36.4 Å². The van der Waals surface area contributed by atoms with Crippen molar-refractivity contribution in [3.63, 3.8) is 0 Å². The highest BCUT2D eigenvalue weighted by Crippen LogP contribution is 2.49. The van der Waals surface area contributed by atoms with Gasteiger partial charge in [0.1, 0.15) is 0 Å². The lowest BCUT2D eigenvalue weighted by atomic mass is 9.67. The summed E-state index contributed by atoms with van der Waals surface area (Å²) in [6, 6.07) is 11.3. The molecule has 4 rings (SSSR count). The van der Waals surface area contributed by atoms with E-state index in [0.717, 1.165) is 5.02 Å². The molecule has 1 saturated carbocycles. The lowest BCUT2D eigenvalue weighted by Crippen LogP contribution is -2.42. The van der Waals surface area contributed by atoms with Crippen molar-refractivity contribution in [3.05, 3.63) is 58.4 Å². The van der Waals surface area contributed by atoms with Crippen LogP contribution in [0.2, 0.25) is 5.02 Å². The molecule has 1 aliphatic carbocycles. The van der Waals surface area contributed by atoms with Gasteiger partial charge in [0.25, 0.3) is 0 Å². The number of aryl methyl sites for hydroxylation is 1. The molecule has 0 amide bonds. The van der Waals surface area contributed by atoms with Gasteiger partial charge in [-0.15, -0.1) is 0 Å². The molecule has 3 atom stereocenters. The molecule has 0 N–H and O–H groups in total. The second-order valence-corrected chi connectivity index (χ2v) is 9.34. The molecule has 0 saturated heterocycles. The van der Waals surface area contributed by atoms with Crippen LogP contribution in [0, 0.1) is 18.7 Å². The van der Waals surface area contributed by atoms with E-state index in [-0.39, 0.29) is 11.2 Å². The molecule has 146 valence electrons. The van der Waals surface area contributed by atoms with Crippen molar-refractivity contribution >= 4 is 25.5 Å². The molecule has 1 fully saturated rings. The van der Waals surface area contributed by atoms with Crippen molar-refractivity contribution in [3.8, 4) is 5.75 Å². The molecule has 0 radical (unpaired) electrons. The molecule has 2 aromatic rings. The fourth-order valence-corrected chi connectivity index (χ4v) is 5.39. The first-order chi connectivity index (χ1) is 13.0. The molecule has 0 spiro atoms. The Kier molecular flexibility index (Phi) is 6.82. The van der Waals surface area contributed by atoms with Crippen molar-refractivity contribution in [2.45, 2.75) is 51.4 Å². The molecular formula is C23H29ClFOP. The molecule has 0 aromatic heterocycles. The minimum atomic E-state index is -0.180. The van der Waals surface area contributed by atoms with Crippen LogP contribution < -0.4 is 10.0 Å². The van der Waals surface area contributed by atoms with Crippen molar-refractivity contribution in [1.82, 2.24) is 0 Å². The van der Waals surface area contributed by atoms with Crippen LogP contribution in [0.4, 0.5) is 4.39 Å². The topological polar surface area (TPSA) is 9.23 Å². The van der Waals surface area contributed by atoms with Crippen LogP contribution in [0.25, 0.3) is 0 Å². The first-order valence-electron chi connectivity index (χ1n) is 9.81. The van der Waals surface area contributed by atoms with E-state index in [0.29, 0.717) is 26.9 Å². The number of hydrogen-bond acceptors (Lipinski definition) is 1. The smallest absolute Gasteiger partial charge is 0.165 e.